The van der Waals surface area contributed by atoms with Gasteiger partial charge in [-0.1, -0.05) is 0 Å². The molecule has 0 spiro atoms. The van der Waals surface area contributed by atoms with Crippen LogP contribution in [0.3, 0.4) is 0 Å². The second-order valence-electron chi connectivity index (χ2n) is 6.35. The second-order valence-corrected chi connectivity index (χ2v) is 6.35. The van der Waals surface area contributed by atoms with Crippen LogP contribution in [0, 0.1) is 11.6 Å². The molecule has 1 saturated heterocycles. The molecule has 4 nitrogen and oxygen atoms in total. The number of amides is 1. The van der Waals surface area contributed by atoms with E-state index in [0.29, 0.717) is 25.5 Å². The van der Waals surface area contributed by atoms with Crippen molar-refractivity contribution in [2.24, 2.45) is 0 Å². The number of Topliss-reactive ketones (excluding diaryl/α,β-unsaturated/α-hetero) is 1. The zero-order valence-corrected chi connectivity index (χ0v) is 12.9. The molecule has 0 radical (unpaired) electrons. The standard InChI is InChI=1S/C16H19F2NO3/c1-16(2,3)22-15(21)19-6-4-5-13(19)14(20)10-7-11(17)9-12(18)8-10/h7-9,13H,4-6H2,1-3H3/t13-/m0/s1. The number of ketones is 1. The van der Waals surface area contributed by atoms with Gasteiger partial charge in [-0.05, 0) is 45.7 Å². The van der Waals surface area contributed by atoms with Crippen LogP contribution in [-0.4, -0.2) is 35.0 Å². The highest BCUT2D eigenvalue weighted by atomic mass is 19.1. The van der Waals surface area contributed by atoms with Gasteiger partial charge in [0.05, 0.1) is 6.04 Å². The number of carbonyl (C=O) groups excluding carboxylic acids is 2. The SMILES string of the molecule is CC(C)(C)OC(=O)N1CCC[C@H]1C(=O)c1cc(F)cc(F)c1. The normalized spacial score (nSPS) is 18.4. The lowest BCUT2D eigenvalue weighted by atomic mass is 10.0. The molecule has 0 bridgehead atoms. The number of likely N-dealkylation sites (tertiary alicyclic amines) is 1. The van der Waals surface area contributed by atoms with Crippen LogP contribution in [0.15, 0.2) is 18.2 Å². The van der Waals surface area contributed by atoms with Crippen LogP contribution in [0.25, 0.3) is 0 Å². The van der Waals surface area contributed by atoms with E-state index in [4.69, 9.17) is 4.74 Å². The summed E-state index contributed by atoms with van der Waals surface area (Å²) < 4.78 is 31.8. The van der Waals surface area contributed by atoms with E-state index in [-0.39, 0.29) is 5.56 Å². The molecule has 1 heterocycles. The Labute approximate surface area is 128 Å². The largest absolute Gasteiger partial charge is 0.444 e. The topological polar surface area (TPSA) is 46.6 Å². The molecule has 0 N–H and O–H groups in total. The minimum Gasteiger partial charge on any atom is -0.444 e. The summed E-state index contributed by atoms with van der Waals surface area (Å²) >= 11 is 0. The number of rotatable bonds is 2. The van der Waals surface area contributed by atoms with Gasteiger partial charge in [-0.2, -0.15) is 0 Å². The van der Waals surface area contributed by atoms with E-state index in [2.05, 4.69) is 0 Å². The predicted molar refractivity (Wildman–Crippen MR) is 76.7 cm³/mol. The zero-order chi connectivity index (χ0) is 16.5. The van der Waals surface area contributed by atoms with Gasteiger partial charge < -0.3 is 4.74 Å². The van der Waals surface area contributed by atoms with Crippen LogP contribution in [0.4, 0.5) is 13.6 Å². The minimum atomic E-state index is -0.815. The van der Waals surface area contributed by atoms with Gasteiger partial charge in [0.15, 0.2) is 5.78 Å². The summed E-state index contributed by atoms with van der Waals surface area (Å²) in [4.78, 5) is 25.9. The molecule has 0 aromatic heterocycles. The molecular weight excluding hydrogens is 292 g/mol. The molecule has 0 saturated carbocycles. The Balaban J connectivity index is 2.19. The lowest BCUT2D eigenvalue weighted by Crippen LogP contribution is -2.43. The van der Waals surface area contributed by atoms with Crippen molar-refractivity contribution < 1.29 is 23.1 Å². The monoisotopic (exact) mass is 311 g/mol. The van der Waals surface area contributed by atoms with E-state index < -0.39 is 35.2 Å². The fourth-order valence-electron chi connectivity index (χ4n) is 2.47. The first kappa shape index (κ1) is 16.4. The van der Waals surface area contributed by atoms with Gasteiger partial charge in [-0.15, -0.1) is 0 Å². The van der Waals surface area contributed by atoms with E-state index in [1.807, 2.05) is 0 Å². The van der Waals surface area contributed by atoms with Crippen molar-refractivity contribution in [3.8, 4) is 0 Å². The summed E-state index contributed by atoms with van der Waals surface area (Å²) in [6.07, 6.45) is 0.518. The molecule has 1 aliphatic heterocycles. The Morgan fingerprint density at radius 1 is 1.18 bits per heavy atom. The minimum absolute atomic E-state index is 0.0713. The lowest BCUT2D eigenvalue weighted by molar-refractivity contribution is 0.0222. The number of halogens is 2. The molecule has 1 aromatic rings. The van der Waals surface area contributed by atoms with Gasteiger partial charge in [-0.25, -0.2) is 13.6 Å². The van der Waals surface area contributed by atoms with Crippen molar-refractivity contribution in [1.82, 2.24) is 4.90 Å². The van der Waals surface area contributed by atoms with E-state index in [1.165, 1.54) is 4.90 Å². The van der Waals surface area contributed by atoms with Crippen molar-refractivity contribution >= 4 is 11.9 Å². The number of benzene rings is 1. The van der Waals surface area contributed by atoms with Crippen molar-refractivity contribution in [2.75, 3.05) is 6.54 Å². The van der Waals surface area contributed by atoms with Crippen LogP contribution in [0.1, 0.15) is 44.0 Å². The van der Waals surface area contributed by atoms with E-state index >= 15 is 0 Å². The van der Waals surface area contributed by atoms with Crippen LogP contribution in [0.2, 0.25) is 0 Å². The Bertz CT molecular complexity index is 575. The van der Waals surface area contributed by atoms with Gasteiger partial charge in [0.25, 0.3) is 0 Å². The first-order valence-corrected chi connectivity index (χ1v) is 7.17. The van der Waals surface area contributed by atoms with Crippen molar-refractivity contribution in [3.05, 3.63) is 35.4 Å². The quantitative estimate of drug-likeness (QED) is 0.785. The second kappa shape index (κ2) is 6.02. The lowest BCUT2D eigenvalue weighted by Gasteiger charge is -2.28. The molecule has 1 aliphatic rings. The Morgan fingerprint density at radius 2 is 1.77 bits per heavy atom. The van der Waals surface area contributed by atoms with E-state index in [1.54, 1.807) is 20.8 Å². The number of ether oxygens (including phenoxy) is 1. The van der Waals surface area contributed by atoms with Crippen LogP contribution in [0.5, 0.6) is 0 Å². The number of nitrogens with zero attached hydrogens (tertiary/aromatic N) is 1. The third-order valence-corrected chi connectivity index (χ3v) is 3.33. The van der Waals surface area contributed by atoms with Crippen molar-refractivity contribution in [1.29, 1.82) is 0 Å². The Kier molecular flexibility index (Phi) is 4.49. The number of hydrogen-bond acceptors (Lipinski definition) is 3. The molecule has 0 aliphatic carbocycles. The van der Waals surface area contributed by atoms with Gasteiger partial charge in [-0.3, -0.25) is 9.69 Å². The fraction of sp³-hybridized carbons (Fsp3) is 0.500. The summed E-state index contributed by atoms with van der Waals surface area (Å²) in [7, 11) is 0. The average molecular weight is 311 g/mol. The molecule has 2 rings (SSSR count). The first-order chi connectivity index (χ1) is 10.2. The molecule has 0 unspecified atom stereocenters. The van der Waals surface area contributed by atoms with Gasteiger partial charge >= 0.3 is 6.09 Å². The van der Waals surface area contributed by atoms with Crippen LogP contribution < -0.4 is 0 Å². The summed E-state index contributed by atoms with van der Waals surface area (Å²) in [5.74, 6) is -2.10. The maximum Gasteiger partial charge on any atom is 0.410 e. The Morgan fingerprint density at radius 3 is 2.32 bits per heavy atom. The van der Waals surface area contributed by atoms with Gasteiger partial charge in [0.2, 0.25) is 0 Å². The molecule has 120 valence electrons. The molecule has 1 fully saturated rings. The van der Waals surface area contributed by atoms with Gasteiger partial charge in [0.1, 0.15) is 17.2 Å². The van der Waals surface area contributed by atoms with Crippen molar-refractivity contribution in [3.63, 3.8) is 0 Å². The molecular formula is C16H19F2NO3. The van der Waals surface area contributed by atoms with Crippen LogP contribution in [-0.2, 0) is 4.74 Å². The molecule has 22 heavy (non-hydrogen) atoms. The third-order valence-electron chi connectivity index (χ3n) is 3.33. The third kappa shape index (κ3) is 3.81. The highest BCUT2D eigenvalue weighted by Gasteiger charge is 2.37. The van der Waals surface area contributed by atoms with E-state index in [0.717, 1.165) is 12.1 Å². The first-order valence-electron chi connectivity index (χ1n) is 7.17. The van der Waals surface area contributed by atoms with Crippen LogP contribution >= 0.6 is 0 Å². The Hall–Kier alpha value is -1.98. The smallest absolute Gasteiger partial charge is 0.410 e. The maximum absolute atomic E-state index is 13.3. The number of carbonyl (C=O) groups is 2. The maximum atomic E-state index is 13.3. The zero-order valence-electron chi connectivity index (χ0n) is 12.9. The molecule has 1 atom stereocenters. The molecule has 1 amide bonds. The average Bonchev–Trinajstić information content (AvgIpc) is 2.83. The molecule has 1 aromatic carbocycles. The highest BCUT2D eigenvalue weighted by molar-refractivity contribution is 6.01. The summed E-state index contributed by atoms with van der Waals surface area (Å²) in [5.41, 5.74) is -0.740. The van der Waals surface area contributed by atoms with Gasteiger partial charge in [0, 0.05) is 18.2 Å². The number of hydrogen-bond donors (Lipinski definition) is 0. The van der Waals surface area contributed by atoms with E-state index in [9.17, 15) is 18.4 Å². The highest BCUT2D eigenvalue weighted by Crippen LogP contribution is 2.24. The molecule has 6 heteroatoms. The summed E-state index contributed by atoms with van der Waals surface area (Å²) in [6, 6.07) is 1.93. The summed E-state index contributed by atoms with van der Waals surface area (Å²) in [6.45, 7) is 5.60. The fourth-order valence-corrected chi connectivity index (χ4v) is 2.47. The summed E-state index contributed by atoms with van der Waals surface area (Å²) in [5, 5.41) is 0. The van der Waals surface area contributed by atoms with Crippen molar-refractivity contribution in [2.45, 2.75) is 45.3 Å². The predicted octanol–water partition coefficient (Wildman–Crippen LogP) is 3.55.